The number of halogens is 3. The number of carbonyl (C=O) groups is 1. The van der Waals surface area contributed by atoms with Crippen LogP contribution in [0, 0.1) is 22.7 Å². The highest BCUT2D eigenvalue weighted by atomic mass is 19.4. The van der Waals surface area contributed by atoms with Crippen LogP contribution in [0.3, 0.4) is 0 Å². The third-order valence-corrected chi connectivity index (χ3v) is 6.87. The van der Waals surface area contributed by atoms with Crippen molar-refractivity contribution in [3.8, 4) is 11.8 Å². The summed E-state index contributed by atoms with van der Waals surface area (Å²) in [4.78, 5) is 16.6. The van der Waals surface area contributed by atoms with Crippen LogP contribution in [0.25, 0.3) is 0 Å². The van der Waals surface area contributed by atoms with Gasteiger partial charge in [0.25, 0.3) is 5.91 Å². The molecule has 4 rings (SSSR count). The number of amides is 1. The topological polar surface area (TPSA) is 76.8 Å². The Morgan fingerprint density at radius 2 is 1.97 bits per heavy atom. The third kappa shape index (κ3) is 4.23. The number of nitriles is 1. The smallest absolute Gasteiger partial charge is 0.417 e. The van der Waals surface area contributed by atoms with E-state index in [4.69, 9.17) is 10.00 Å². The van der Waals surface area contributed by atoms with Crippen LogP contribution >= 0.6 is 0 Å². The predicted molar refractivity (Wildman–Crippen MR) is 115 cm³/mol. The fourth-order valence-electron chi connectivity index (χ4n) is 4.91. The molecule has 2 aliphatic heterocycles. The van der Waals surface area contributed by atoms with Gasteiger partial charge in [-0.1, -0.05) is 0 Å². The molecule has 0 aromatic heterocycles. The first-order valence-electron chi connectivity index (χ1n) is 10.6. The second-order valence-electron chi connectivity index (χ2n) is 8.67. The molecule has 33 heavy (non-hydrogen) atoms. The number of ether oxygens (including phenoxy) is 1. The lowest BCUT2D eigenvalue weighted by Gasteiger charge is -2.43. The summed E-state index contributed by atoms with van der Waals surface area (Å²) in [6, 6.07) is 12.1. The summed E-state index contributed by atoms with van der Waals surface area (Å²) in [6.45, 7) is 1.57. The van der Waals surface area contributed by atoms with Gasteiger partial charge < -0.3 is 19.6 Å². The molecule has 9 heteroatoms. The van der Waals surface area contributed by atoms with Crippen LogP contribution in [0.4, 0.5) is 18.9 Å². The van der Waals surface area contributed by atoms with Crippen molar-refractivity contribution in [2.45, 2.75) is 12.6 Å². The van der Waals surface area contributed by atoms with Crippen LogP contribution in [0.15, 0.2) is 42.5 Å². The number of likely N-dealkylation sites (tertiary alicyclic amines) is 1. The van der Waals surface area contributed by atoms with Gasteiger partial charge in [-0.15, -0.1) is 0 Å². The second-order valence-corrected chi connectivity index (χ2v) is 8.67. The van der Waals surface area contributed by atoms with Gasteiger partial charge >= 0.3 is 6.18 Å². The number of aliphatic hydroxyl groups is 1. The number of piperidine rings is 1. The van der Waals surface area contributed by atoms with Gasteiger partial charge in [-0.3, -0.25) is 4.79 Å². The van der Waals surface area contributed by atoms with Crippen LogP contribution in [0.5, 0.6) is 5.75 Å². The van der Waals surface area contributed by atoms with Crippen molar-refractivity contribution in [1.29, 1.82) is 5.26 Å². The van der Waals surface area contributed by atoms with Gasteiger partial charge in [0.15, 0.2) is 0 Å². The fourth-order valence-corrected chi connectivity index (χ4v) is 4.91. The molecule has 1 N–H and O–H groups in total. The average molecular weight is 459 g/mol. The highest BCUT2D eigenvalue weighted by Gasteiger charge is 2.50. The van der Waals surface area contributed by atoms with Crippen LogP contribution in [0.2, 0.25) is 0 Å². The monoisotopic (exact) mass is 459 g/mol. The van der Waals surface area contributed by atoms with Gasteiger partial charge in [-0.25, -0.2) is 0 Å². The molecule has 0 saturated carbocycles. The number of carbonyl (C=O) groups excluding carboxylic acids is 1. The minimum Gasteiger partial charge on any atom is -0.497 e. The van der Waals surface area contributed by atoms with Crippen LogP contribution in [-0.2, 0) is 6.18 Å². The summed E-state index contributed by atoms with van der Waals surface area (Å²) in [6.07, 6.45) is -4.08. The molecule has 2 aromatic rings. The fraction of sp³-hybridized carbons (Fsp3) is 0.417. The van der Waals surface area contributed by atoms with E-state index in [-0.39, 0.29) is 18.4 Å². The Morgan fingerprint density at radius 1 is 1.24 bits per heavy atom. The van der Waals surface area contributed by atoms with Gasteiger partial charge in [-0.05, 0) is 48.9 Å². The van der Waals surface area contributed by atoms with Crippen molar-refractivity contribution in [2.24, 2.45) is 11.3 Å². The minimum absolute atomic E-state index is 0.0940. The molecule has 2 heterocycles. The molecule has 0 bridgehead atoms. The van der Waals surface area contributed by atoms with E-state index < -0.39 is 22.7 Å². The van der Waals surface area contributed by atoms with E-state index in [1.54, 1.807) is 42.3 Å². The molecule has 1 amide bonds. The van der Waals surface area contributed by atoms with Crippen molar-refractivity contribution >= 4 is 11.6 Å². The number of fused-ring (bicyclic) bond motifs is 1. The molecule has 0 aliphatic carbocycles. The van der Waals surface area contributed by atoms with E-state index in [2.05, 4.69) is 0 Å². The van der Waals surface area contributed by atoms with Crippen molar-refractivity contribution < 1.29 is 27.8 Å². The van der Waals surface area contributed by atoms with E-state index in [0.29, 0.717) is 49.6 Å². The highest BCUT2D eigenvalue weighted by Crippen LogP contribution is 2.44. The van der Waals surface area contributed by atoms with Crippen molar-refractivity contribution in [2.75, 3.05) is 44.8 Å². The number of aliphatic hydroxyl groups excluding tert-OH is 1. The third-order valence-electron chi connectivity index (χ3n) is 6.87. The summed E-state index contributed by atoms with van der Waals surface area (Å²) < 4.78 is 45.4. The summed E-state index contributed by atoms with van der Waals surface area (Å²) in [7, 11) is 1.55. The highest BCUT2D eigenvalue weighted by molar-refractivity contribution is 5.94. The average Bonchev–Trinajstić information content (AvgIpc) is 3.22. The number of methoxy groups -OCH3 is 1. The van der Waals surface area contributed by atoms with Crippen molar-refractivity contribution in [3.05, 3.63) is 59.2 Å². The Bertz CT molecular complexity index is 1080. The van der Waals surface area contributed by atoms with Crippen LogP contribution in [0.1, 0.15) is 27.9 Å². The molecule has 0 radical (unpaired) electrons. The van der Waals surface area contributed by atoms with E-state index in [1.165, 1.54) is 12.1 Å². The standard InChI is InChI=1S/C24H24F3N3O3/c1-33-20-6-3-16(4-7-20)22(32)30-13-18-12-29(9-8-23(18,14-30)15-31)19-5-2-17(11-28)21(10-19)24(25,26)27/h2-7,10,18,31H,8-9,12-15H2,1H3/t18-,23+/m1/s1. The van der Waals surface area contributed by atoms with Crippen LogP contribution in [-0.4, -0.2) is 55.8 Å². The zero-order chi connectivity index (χ0) is 23.8. The number of benzene rings is 2. The van der Waals surface area contributed by atoms with E-state index in [0.717, 1.165) is 6.07 Å². The number of hydrogen-bond donors (Lipinski definition) is 1. The van der Waals surface area contributed by atoms with Gasteiger partial charge in [0, 0.05) is 48.8 Å². The van der Waals surface area contributed by atoms with Gasteiger partial charge in [0.1, 0.15) is 5.75 Å². The number of nitrogens with zero attached hydrogens (tertiary/aromatic N) is 3. The molecular formula is C24H24F3N3O3. The lowest BCUT2D eigenvalue weighted by Crippen LogP contribution is -2.49. The number of anilines is 1. The lowest BCUT2D eigenvalue weighted by molar-refractivity contribution is -0.137. The summed E-state index contributed by atoms with van der Waals surface area (Å²) in [5.41, 5.74) is -0.957. The van der Waals surface area contributed by atoms with Gasteiger partial charge in [-0.2, -0.15) is 18.4 Å². The normalized spacial score (nSPS) is 22.6. The Hall–Kier alpha value is -3.25. The molecular weight excluding hydrogens is 435 g/mol. The molecule has 2 aliphatic rings. The molecule has 6 nitrogen and oxygen atoms in total. The molecule has 2 aromatic carbocycles. The molecule has 174 valence electrons. The Morgan fingerprint density at radius 3 is 2.58 bits per heavy atom. The minimum atomic E-state index is -4.62. The maximum Gasteiger partial charge on any atom is 0.417 e. The Kier molecular flexibility index (Phi) is 5.97. The second kappa shape index (κ2) is 8.60. The number of alkyl halides is 3. The van der Waals surface area contributed by atoms with Crippen molar-refractivity contribution in [3.63, 3.8) is 0 Å². The van der Waals surface area contributed by atoms with E-state index in [9.17, 15) is 23.1 Å². The first kappa shape index (κ1) is 22.9. The summed E-state index contributed by atoms with van der Waals surface area (Å²) >= 11 is 0. The maximum atomic E-state index is 13.4. The maximum absolute atomic E-state index is 13.4. The zero-order valence-corrected chi connectivity index (χ0v) is 18.1. The molecule has 2 saturated heterocycles. The van der Waals surface area contributed by atoms with E-state index >= 15 is 0 Å². The summed E-state index contributed by atoms with van der Waals surface area (Å²) in [5.74, 6) is 0.400. The largest absolute Gasteiger partial charge is 0.497 e. The van der Waals surface area contributed by atoms with Gasteiger partial charge in [0.05, 0.1) is 30.9 Å². The number of rotatable bonds is 4. The van der Waals surface area contributed by atoms with Crippen molar-refractivity contribution in [1.82, 2.24) is 4.90 Å². The number of hydrogen-bond acceptors (Lipinski definition) is 5. The lowest BCUT2D eigenvalue weighted by atomic mass is 9.73. The SMILES string of the molecule is COc1ccc(C(=O)N2C[C@H]3CN(c4ccc(C#N)c(C(F)(F)F)c4)CC[C@@]3(CO)C2)cc1. The molecule has 0 spiro atoms. The van der Waals surface area contributed by atoms with E-state index in [1.807, 2.05) is 4.90 Å². The first-order valence-corrected chi connectivity index (χ1v) is 10.6. The first-order chi connectivity index (χ1) is 15.7. The molecule has 0 unspecified atom stereocenters. The predicted octanol–water partition coefficient (Wildman–Crippen LogP) is 3.55. The van der Waals surface area contributed by atoms with Gasteiger partial charge in [0.2, 0.25) is 0 Å². The summed E-state index contributed by atoms with van der Waals surface area (Å²) in [5, 5.41) is 19.2. The Balaban J connectivity index is 1.55. The molecule has 2 fully saturated rings. The Labute approximate surface area is 189 Å². The quantitative estimate of drug-likeness (QED) is 0.757. The van der Waals surface area contributed by atoms with Crippen LogP contribution < -0.4 is 9.64 Å². The zero-order valence-electron chi connectivity index (χ0n) is 18.1. The molecule has 2 atom stereocenters.